The van der Waals surface area contributed by atoms with Gasteiger partial charge in [0.15, 0.2) is 6.29 Å². The highest BCUT2D eigenvalue weighted by Crippen LogP contribution is 2.13. The van der Waals surface area contributed by atoms with E-state index in [4.69, 9.17) is 0 Å². The molecule has 2 rings (SSSR count). The van der Waals surface area contributed by atoms with Gasteiger partial charge in [0.25, 0.3) is 0 Å². The molecule has 0 radical (unpaired) electrons. The van der Waals surface area contributed by atoms with E-state index in [-0.39, 0.29) is 0 Å². The minimum atomic E-state index is -1.33. The monoisotopic (exact) mass is 324 g/mol. The minimum absolute atomic E-state index is 0.347. The number of carbonyl (C=O) groups excluding carboxylic acids is 2. The Labute approximate surface area is 137 Å². The number of benzene rings is 2. The van der Waals surface area contributed by atoms with Gasteiger partial charge in [-0.3, -0.25) is 9.59 Å². The van der Waals surface area contributed by atoms with Crippen LogP contribution in [0.5, 0.6) is 0 Å². The van der Waals surface area contributed by atoms with Crippen molar-refractivity contribution < 1.29 is 13.8 Å². The fourth-order valence-electron chi connectivity index (χ4n) is 1.94. The van der Waals surface area contributed by atoms with Crippen LogP contribution in [0.3, 0.4) is 0 Å². The number of hydrogen-bond donors (Lipinski definition) is 0. The van der Waals surface area contributed by atoms with Crippen LogP contribution < -0.4 is 0 Å². The average molecular weight is 324 g/mol. The Hall–Kier alpha value is -2.59. The summed E-state index contributed by atoms with van der Waals surface area (Å²) in [5, 5.41) is 1.47. The van der Waals surface area contributed by atoms with Crippen molar-refractivity contribution in [3.63, 3.8) is 0 Å². The van der Waals surface area contributed by atoms with Crippen molar-refractivity contribution in [3.05, 3.63) is 82.3 Å². The van der Waals surface area contributed by atoms with Crippen LogP contribution in [0.15, 0.2) is 70.5 Å². The van der Waals surface area contributed by atoms with E-state index in [2.05, 4.69) is 0 Å². The van der Waals surface area contributed by atoms with E-state index in [1.807, 2.05) is 19.1 Å². The molecule has 2 aromatic carbocycles. The van der Waals surface area contributed by atoms with Crippen molar-refractivity contribution in [3.8, 4) is 0 Å². The van der Waals surface area contributed by atoms with Gasteiger partial charge in [-0.1, -0.05) is 42.0 Å². The van der Waals surface area contributed by atoms with Gasteiger partial charge < -0.3 is 0 Å². The molecule has 0 bridgehead atoms. The molecule has 2 aromatic rings. The van der Waals surface area contributed by atoms with Gasteiger partial charge >= 0.3 is 0 Å². The van der Waals surface area contributed by atoms with Crippen molar-refractivity contribution in [2.45, 2.75) is 11.8 Å². The first-order chi connectivity index (χ1) is 11.1. The molecule has 0 spiro atoms. The van der Waals surface area contributed by atoms with Gasteiger partial charge in [0, 0.05) is 21.4 Å². The van der Waals surface area contributed by atoms with E-state index in [1.165, 1.54) is 11.5 Å². The van der Waals surface area contributed by atoms with E-state index < -0.39 is 10.8 Å². The lowest BCUT2D eigenvalue weighted by molar-refractivity contribution is -0.104. The van der Waals surface area contributed by atoms with Gasteiger partial charge in [0.05, 0.1) is 10.8 Å². The second-order valence-electron chi connectivity index (χ2n) is 4.92. The summed E-state index contributed by atoms with van der Waals surface area (Å²) >= 11 is 0. The maximum Gasteiger partial charge on any atom is 0.150 e. The maximum atomic E-state index is 12.2. The predicted molar refractivity (Wildman–Crippen MR) is 92.6 cm³/mol. The minimum Gasteiger partial charge on any atom is -0.298 e. The number of carbonyl (C=O) groups is 2. The molecule has 116 valence electrons. The van der Waals surface area contributed by atoms with Crippen LogP contribution in [0.1, 0.15) is 21.5 Å². The Morgan fingerprint density at radius 3 is 2.22 bits per heavy atom. The van der Waals surface area contributed by atoms with Gasteiger partial charge in [0.2, 0.25) is 0 Å². The highest BCUT2D eigenvalue weighted by atomic mass is 32.2. The summed E-state index contributed by atoms with van der Waals surface area (Å²) < 4.78 is 12.2. The third kappa shape index (κ3) is 4.69. The summed E-state index contributed by atoms with van der Waals surface area (Å²) in [5.74, 6) is 0. The molecule has 3 nitrogen and oxygen atoms in total. The summed E-state index contributed by atoms with van der Waals surface area (Å²) in [7, 11) is -1.33. The summed E-state index contributed by atoms with van der Waals surface area (Å²) in [4.78, 5) is 22.9. The molecule has 23 heavy (non-hydrogen) atoms. The Bertz CT molecular complexity index is 787. The smallest absolute Gasteiger partial charge is 0.150 e. The number of aldehydes is 2. The topological polar surface area (TPSA) is 51.2 Å². The summed E-state index contributed by atoms with van der Waals surface area (Å²) in [6.45, 7) is 1.96. The second kappa shape index (κ2) is 8.15. The molecule has 4 heteroatoms. The van der Waals surface area contributed by atoms with Crippen LogP contribution in [-0.4, -0.2) is 16.8 Å². The molecule has 0 saturated heterocycles. The van der Waals surface area contributed by atoms with Crippen molar-refractivity contribution >= 4 is 29.4 Å². The maximum absolute atomic E-state index is 12.2. The molecule has 0 aliphatic rings. The zero-order chi connectivity index (χ0) is 16.7. The van der Waals surface area contributed by atoms with Crippen molar-refractivity contribution in [2.24, 2.45) is 0 Å². The molecule has 0 amide bonds. The van der Waals surface area contributed by atoms with E-state index in [0.717, 1.165) is 11.8 Å². The lowest BCUT2D eigenvalue weighted by atomic mass is 10.1. The lowest BCUT2D eigenvalue weighted by Crippen LogP contribution is -1.89. The van der Waals surface area contributed by atoms with Crippen LogP contribution >= 0.6 is 0 Å². The summed E-state index contributed by atoms with van der Waals surface area (Å²) in [6, 6.07) is 14.3. The van der Waals surface area contributed by atoms with E-state index in [0.29, 0.717) is 27.9 Å². The third-order valence-corrected chi connectivity index (χ3v) is 4.34. The van der Waals surface area contributed by atoms with Gasteiger partial charge in [-0.15, -0.1) is 0 Å². The molecule has 0 aliphatic carbocycles. The Kier molecular flexibility index (Phi) is 5.94. The number of aryl methyl sites for hydroxylation is 1. The highest BCUT2D eigenvalue weighted by Gasteiger charge is 2.01. The molecule has 0 N–H and O–H groups in total. The molecule has 0 aliphatic heterocycles. The van der Waals surface area contributed by atoms with Gasteiger partial charge in [-0.05, 0) is 36.8 Å². The molecule has 0 heterocycles. The predicted octanol–water partition coefficient (Wildman–Crippen LogP) is 3.71. The van der Waals surface area contributed by atoms with Gasteiger partial charge in [0.1, 0.15) is 6.29 Å². The first-order valence-electron chi connectivity index (χ1n) is 7.00. The van der Waals surface area contributed by atoms with Crippen LogP contribution in [0.4, 0.5) is 0 Å². The molecular weight excluding hydrogens is 308 g/mol. The molecule has 0 fully saturated rings. The highest BCUT2D eigenvalue weighted by molar-refractivity contribution is 7.88. The fourth-order valence-corrected chi connectivity index (χ4v) is 2.78. The fraction of sp³-hybridized carbons (Fsp3) is 0.0526. The second-order valence-corrected chi connectivity index (χ2v) is 6.26. The first-order valence-corrected chi connectivity index (χ1v) is 8.22. The van der Waals surface area contributed by atoms with Gasteiger partial charge in [-0.2, -0.15) is 0 Å². The normalized spacial score (nSPS) is 13.0. The molecule has 0 saturated carbocycles. The van der Waals surface area contributed by atoms with Gasteiger partial charge in [-0.25, -0.2) is 4.21 Å². The zero-order valence-electron chi connectivity index (χ0n) is 12.6. The van der Waals surface area contributed by atoms with Crippen molar-refractivity contribution in [1.29, 1.82) is 0 Å². The first kappa shape index (κ1) is 16.8. The Morgan fingerprint density at radius 2 is 1.61 bits per heavy atom. The van der Waals surface area contributed by atoms with Crippen molar-refractivity contribution in [2.75, 3.05) is 0 Å². The molecule has 0 aromatic heterocycles. The largest absolute Gasteiger partial charge is 0.298 e. The number of hydrogen-bond acceptors (Lipinski definition) is 3. The molecule has 1 atom stereocenters. The van der Waals surface area contributed by atoms with Crippen LogP contribution in [0.2, 0.25) is 0 Å². The van der Waals surface area contributed by atoms with Crippen molar-refractivity contribution in [1.82, 2.24) is 0 Å². The van der Waals surface area contributed by atoms with E-state index in [1.54, 1.807) is 42.5 Å². The van der Waals surface area contributed by atoms with Crippen LogP contribution in [-0.2, 0) is 15.6 Å². The zero-order valence-corrected chi connectivity index (χ0v) is 13.5. The quantitative estimate of drug-likeness (QED) is 0.462. The van der Waals surface area contributed by atoms with Crippen LogP contribution in [0, 0.1) is 6.92 Å². The standard InChI is InChI=1S/C19H16O3S/c1-15-6-8-19(9-7-15)23(22)11-10-16(13-20)12-17-4-2-3-5-18(17)14-21/h2-14H,1H3/b11-10-,16-12+. The Balaban J connectivity index is 2.23. The molecule has 1 unspecified atom stereocenters. The van der Waals surface area contributed by atoms with Crippen LogP contribution in [0.25, 0.3) is 6.08 Å². The van der Waals surface area contributed by atoms with E-state index >= 15 is 0 Å². The number of rotatable bonds is 6. The SMILES string of the molecule is Cc1ccc(S(=O)/C=C\C(C=O)=C/c2ccccc2C=O)cc1. The lowest BCUT2D eigenvalue weighted by Gasteiger charge is -2.00. The molecular formula is C19H16O3S. The van der Waals surface area contributed by atoms with E-state index in [9.17, 15) is 13.8 Å². The number of allylic oxidation sites excluding steroid dienone is 2. The summed E-state index contributed by atoms with van der Waals surface area (Å²) in [5.41, 5.74) is 2.59. The summed E-state index contributed by atoms with van der Waals surface area (Å²) in [6.07, 6.45) is 4.51. The Morgan fingerprint density at radius 1 is 0.957 bits per heavy atom. The average Bonchev–Trinajstić information content (AvgIpc) is 2.59. The third-order valence-electron chi connectivity index (χ3n) is 3.22.